The Bertz CT molecular complexity index is 790. The lowest BCUT2D eigenvalue weighted by molar-refractivity contribution is -0.114. The van der Waals surface area contributed by atoms with Crippen molar-refractivity contribution in [1.29, 1.82) is 0 Å². The predicted octanol–water partition coefficient (Wildman–Crippen LogP) is 1.08. The zero-order valence-electron chi connectivity index (χ0n) is 13.6. The molecule has 2 N–H and O–H groups in total. The summed E-state index contributed by atoms with van der Waals surface area (Å²) >= 11 is 0.806. The van der Waals surface area contributed by atoms with Crippen molar-refractivity contribution in [1.82, 2.24) is 19.8 Å². The fourth-order valence-electron chi connectivity index (χ4n) is 2.04. The Morgan fingerprint density at radius 1 is 1.25 bits per heavy atom. The van der Waals surface area contributed by atoms with E-state index in [4.69, 9.17) is 0 Å². The average Bonchev–Trinajstić information content (AvgIpc) is 2.96. The lowest BCUT2D eigenvalue weighted by Gasteiger charge is -2.24. The summed E-state index contributed by atoms with van der Waals surface area (Å²) < 4.78 is 27.1. The van der Waals surface area contributed by atoms with Crippen LogP contribution < -0.4 is 10.0 Å². The van der Waals surface area contributed by atoms with E-state index in [-0.39, 0.29) is 28.0 Å². The molecular formula is C14H19N5O3S2. The van der Waals surface area contributed by atoms with Gasteiger partial charge in [-0.2, -0.15) is 0 Å². The molecule has 10 heteroatoms. The van der Waals surface area contributed by atoms with Crippen molar-refractivity contribution < 1.29 is 13.2 Å². The van der Waals surface area contributed by atoms with Gasteiger partial charge in [0.25, 0.3) is 10.0 Å². The fourth-order valence-corrected chi connectivity index (χ4v) is 4.07. The van der Waals surface area contributed by atoms with Gasteiger partial charge in [0.1, 0.15) is 0 Å². The third-order valence-corrected chi connectivity index (χ3v) is 5.82. The predicted molar refractivity (Wildman–Crippen MR) is 92.3 cm³/mol. The molecular weight excluding hydrogens is 350 g/mol. The number of carbonyl (C=O) groups excluding carboxylic acids is 1. The molecule has 1 unspecified atom stereocenters. The SMILES string of the molecule is CC(=O)Nc1nnc(S(=O)(=O)NCC(c2ccccc2)N(C)C)s1. The Balaban J connectivity index is 2.10. The quantitative estimate of drug-likeness (QED) is 0.708. The highest BCUT2D eigenvalue weighted by atomic mass is 32.2. The van der Waals surface area contributed by atoms with E-state index >= 15 is 0 Å². The highest BCUT2D eigenvalue weighted by Crippen LogP contribution is 2.21. The van der Waals surface area contributed by atoms with E-state index in [1.165, 1.54) is 6.92 Å². The Labute approximate surface area is 145 Å². The van der Waals surface area contributed by atoms with Crippen molar-refractivity contribution in [2.75, 3.05) is 26.0 Å². The molecule has 1 atom stereocenters. The maximum atomic E-state index is 12.4. The molecule has 0 aliphatic rings. The number of nitrogens with one attached hydrogen (secondary N) is 2. The lowest BCUT2D eigenvalue weighted by atomic mass is 10.1. The van der Waals surface area contributed by atoms with Crippen LogP contribution in [-0.4, -0.2) is 50.1 Å². The van der Waals surface area contributed by atoms with Crippen molar-refractivity contribution in [3.63, 3.8) is 0 Å². The molecule has 0 saturated carbocycles. The highest BCUT2D eigenvalue weighted by molar-refractivity contribution is 7.91. The first-order valence-electron chi connectivity index (χ1n) is 7.11. The van der Waals surface area contributed by atoms with Crippen molar-refractivity contribution in [3.05, 3.63) is 35.9 Å². The van der Waals surface area contributed by atoms with Gasteiger partial charge in [0.2, 0.25) is 15.4 Å². The molecule has 0 aliphatic carbocycles. The zero-order chi connectivity index (χ0) is 17.7. The Kier molecular flexibility index (Phi) is 5.99. The van der Waals surface area contributed by atoms with Gasteiger partial charge in [-0.3, -0.25) is 4.79 Å². The molecule has 0 saturated heterocycles. The summed E-state index contributed by atoms with van der Waals surface area (Å²) in [7, 11) is -0.0334. The van der Waals surface area contributed by atoms with Gasteiger partial charge in [0, 0.05) is 19.5 Å². The Morgan fingerprint density at radius 2 is 1.92 bits per heavy atom. The first kappa shape index (κ1) is 18.5. The van der Waals surface area contributed by atoms with Gasteiger partial charge >= 0.3 is 0 Å². The minimum Gasteiger partial charge on any atom is -0.301 e. The number of amides is 1. The third-order valence-electron chi connectivity index (χ3n) is 3.19. The highest BCUT2D eigenvalue weighted by Gasteiger charge is 2.23. The summed E-state index contributed by atoms with van der Waals surface area (Å²) in [5.41, 5.74) is 1.00. The van der Waals surface area contributed by atoms with E-state index in [2.05, 4.69) is 20.2 Å². The average molecular weight is 369 g/mol. The second-order valence-corrected chi connectivity index (χ2v) is 8.21. The van der Waals surface area contributed by atoms with E-state index in [9.17, 15) is 13.2 Å². The number of benzene rings is 1. The monoisotopic (exact) mass is 369 g/mol. The number of carbonyl (C=O) groups is 1. The zero-order valence-corrected chi connectivity index (χ0v) is 15.2. The topological polar surface area (TPSA) is 104 Å². The van der Waals surface area contributed by atoms with Gasteiger partial charge in [-0.05, 0) is 19.7 Å². The van der Waals surface area contributed by atoms with E-state index in [0.29, 0.717) is 0 Å². The molecule has 0 bridgehead atoms. The number of hydrogen-bond acceptors (Lipinski definition) is 7. The van der Waals surface area contributed by atoms with Crippen LogP contribution in [0.5, 0.6) is 0 Å². The molecule has 24 heavy (non-hydrogen) atoms. The summed E-state index contributed by atoms with van der Waals surface area (Å²) in [6, 6.07) is 9.49. The number of rotatable bonds is 7. The third kappa shape index (κ3) is 4.81. The van der Waals surface area contributed by atoms with Crippen molar-refractivity contribution >= 4 is 32.4 Å². The van der Waals surface area contributed by atoms with Crippen LogP contribution in [0.4, 0.5) is 5.13 Å². The number of nitrogens with zero attached hydrogens (tertiary/aromatic N) is 3. The summed E-state index contributed by atoms with van der Waals surface area (Å²) in [5, 5.41) is 9.84. The van der Waals surface area contributed by atoms with Gasteiger partial charge in [0.15, 0.2) is 0 Å². The van der Waals surface area contributed by atoms with Gasteiger partial charge in [-0.25, -0.2) is 13.1 Å². The van der Waals surface area contributed by atoms with Gasteiger partial charge in [0.05, 0.1) is 0 Å². The van der Waals surface area contributed by atoms with E-state index in [1.807, 2.05) is 49.3 Å². The maximum Gasteiger partial charge on any atom is 0.269 e. The number of likely N-dealkylation sites (N-methyl/N-ethyl adjacent to an activating group) is 1. The number of aromatic nitrogens is 2. The van der Waals surface area contributed by atoms with Crippen LogP contribution in [0.3, 0.4) is 0 Å². The summed E-state index contributed by atoms with van der Waals surface area (Å²) in [6.07, 6.45) is 0. The number of hydrogen-bond donors (Lipinski definition) is 2. The van der Waals surface area contributed by atoms with E-state index in [1.54, 1.807) is 0 Å². The van der Waals surface area contributed by atoms with E-state index < -0.39 is 10.0 Å². The normalized spacial score (nSPS) is 13.0. The van der Waals surface area contributed by atoms with Crippen molar-refractivity contribution in [2.24, 2.45) is 0 Å². The molecule has 1 aromatic carbocycles. The van der Waals surface area contributed by atoms with Crippen LogP contribution in [0.15, 0.2) is 34.7 Å². The summed E-state index contributed by atoms with van der Waals surface area (Å²) in [4.78, 5) is 12.9. The van der Waals surface area contributed by atoms with Crippen LogP contribution in [0.25, 0.3) is 0 Å². The second kappa shape index (κ2) is 7.79. The minimum atomic E-state index is -3.79. The molecule has 1 heterocycles. The number of anilines is 1. The molecule has 0 fully saturated rings. The van der Waals surface area contributed by atoms with Crippen LogP contribution >= 0.6 is 11.3 Å². The molecule has 2 rings (SSSR count). The standard InChI is InChI=1S/C14H19N5O3S2/c1-10(20)16-13-17-18-14(23-13)24(21,22)15-9-12(19(2)3)11-7-5-4-6-8-11/h4-8,12,15H,9H2,1-3H3,(H,16,17,20). The van der Waals surface area contributed by atoms with Gasteiger partial charge < -0.3 is 10.2 Å². The fraction of sp³-hybridized carbons (Fsp3) is 0.357. The molecule has 130 valence electrons. The van der Waals surface area contributed by atoms with Crippen LogP contribution in [-0.2, 0) is 14.8 Å². The van der Waals surface area contributed by atoms with Crippen LogP contribution in [0, 0.1) is 0 Å². The Hall–Kier alpha value is -1.88. The number of sulfonamides is 1. The second-order valence-electron chi connectivity index (χ2n) is 5.30. The molecule has 0 aliphatic heterocycles. The lowest BCUT2D eigenvalue weighted by Crippen LogP contribution is -2.34. The molecule has 2 aromatic rings. The van der Waals surface area contributed by atoms with Crippen LogP contribution in [0.1, 0.15) is 18.5 Å². The molecule has 1 aromatic heterocycles. The summed E-state index contributed by atoms with van der Waals surface area (Å²) in [6.45, 7) is 1.50. The van der Waals surface area contributed by atoms with E-state index in [0.717, 1.165) is 16.9 Å². The largest absolute Gasteiger partial charge is 0.301 e. The van der Waals surface area contributed by atoms with Gasteiger partial charge in [-0.1, -0.05) is 41.7 Å². The Morgan fingerprint density at radius 3 is 2.50 bits per heavy atom. The minimum absolute atomic E-state index is 0.122. The summed E-state index contributed by atoms with van der Waals surface area (Å²) in [5.74, 6) is -0.334. The first-order valence-corrected chi connectivity index (χ1v) is 9.41. The van der Waals surface area contributed by atoms with Gasteiger partial charge in [-0.15, -0.1) is 10.2 Å². The van der Waals surface area contributed by atoms with Crippen molar-refractivity contribution in [3.8, 4) is 0 Å². The maximum absolute atomic E-state index is 12.4. The molecule has 0 spiro atoms. The molecule has 1 amide bonds. The van der Waals surface area contributed by atoms with Crippen molar-refractivity contribution in [2.45, 2.75) is 17.3 Å². The molecule has 0 radical (unpaired) electrons. The van der Waals surface area contributed by atoms with Crippen LogP contribution in [0.2, 0.25) is 0 Å². The first-order chi connectivity index (χ1) is 11.3. The molecule has 8 nitrogen and oxygen atoms in total. The smallest absolute Gasteiger partial charge is 0.269 e.